The predicted molar refractivity (Wildman–Crippen MR) is 180 cm³/mol. The van der Waals surface area contributed by atoms with Crippen LogP contribution in [0.15, 0.2) is 4.99 Å². The van der Waals surface area contributed by atoms with Gasteiger partial charge in [0.25, 0.3) is 0 Å². The second-order valence-electron chi connectivity index (χ2n) is 16.2. The van der Waals surface area contributed by atoms with Crippen molar-refractivity contribution in [2.24, 2.45) is 68.4 Å². The first kappa shape index (κ1) is 35.3. The Bertz CT molecular complexity index is 873. The van der Waals surface area contributed by atoms with Crippen molar-refractivity contribution in [1.82, 2.24) is 10.6 Å². The summed E-state index contributed by atoms with van der Waals surface area (Å²) in [5.41, 5.74) is 6.86. The van der Waals surface area contributed by atoms with Crippen molar-refractivity contribution in [1.29, 1.82) is 0 Å². The van der Waals surface area contributed by atoms with E-state index in [0.29, 0.717) is 34.6 Å². The highest BCUT2D eigenvalue weighted by atomic mass is 16.7. The fourth-order valence-corrected chi connectivity index (χ4v) is 11.3. The first-order valence-electron chi connectivity index (χ1n) is 18.3. The Hall–Kier alpha value is -0.570. The van der Waals surface area contributed by atoms with Crippen molar-refractivity contribution in [2.45, 2.75) is 137 Å². The largest absolute Gasteiger partial charge is 0.366 e. The SMILES string of the molecule is CC(CCC(O)ON)[C@H]1CCC2C3C(CC[C@@]21C)[C@@]1(C)CC[C@H](NCCC=NCCCCNCCCN)C[C@@]1(C)C[C@@H]3C. The number of nitrogens with zero attached hydrogens (tertiary/aromatic N) is 1. The van der Waals surface area contributed by atoms with Gasteiger partial charge in [-0.2, -0.15) is 0 Å². The van der Waals surface area contributed by atoms with Gasteiger partial charge in [0.05, 0.1) is 0 Å². The van der Waals surface area contributed by atoms with Gasteiger partial charge in [0.15, 0.2) is 6.29 Å². The lowest BCUT2D eigenvalue weighted by atomic mass is 9.38. The third kappa shape index (κ3) is 7.88. The van der Waals surface area contributed by atoms with Crippen molar-refractivity contribution < 1.29 is 9.94 Å². The number of unbranched alkanes of at least 4 members (excludes halogenated alkanes) is 1. The summed E-state index contributed by atoms with van der Waals surface area (Å²) in [6.07, 6.45) is 18.4. The van der Waals surface area contributed by atoms with Gasteiger partial charge in [-0.25, -0.2) is 5.90 Å². The minimum Gasteiger partial charge on any atom is -0.366 e. The third-order valence-corrected chi connectivity index (χ3v) is 13.7. The Balaban J connectivity index is 1.26. The lowest BCUT2D eigenvalue weighted by molar-refractivity contribution is -0.180. The Labute approximate surface area is 264 Å². The molecule has 43 heavy (non-hydrogen) atoms. The zero-order valence-electron chi connectivity index (χ0n) is 28.6. The Morgan fingerprint density at radius 2 is 1.77 bits per heavy atom. The molecule has 0 heterocycles. The molecule has 5 unspecified atom stereocenters. The highest BCUT2D eigenvalue weighted by Crippen LogP contribution is 2.72. The molecule has 0 bridgehead atoms. The molecule has 7 nitrogen and oxygen atoms in total. The predicted octanol–water partition coefficient (Wildman–Crippen LogP) is 6.04. The van der Waals surface area contributed by atoms with Gasteiger partial charge in [0, 0.05) is 25.6 Å². The lowest BCUT2D eigenvalue weighted by Gasteiger charge is -2.67. The average Bonchev–Trinajstić information content (AvgIpc) is 3.34. The lowest BCUT2D eigenvalue weighted by Crippen LogP contribution is -2.61. The molecule has 0 saturated heterocycles. The van der Waals surface area contributed by atoms with Crippen molar-refractivity contribution in [2.75, 3.05) is 32.7 Å². The Morgan fingerprint density at radius 3 is 2.53 bits per heavy atom. The highest BCUT2D eigenvalue weighted by molar-refractivity contribution is 5.57. The fraction of sp³-hybridized carbons (Fsp3) is 0.972. The summed E-state index contributed by atoms with van der Waals surface area (Å²) in [4.78, 5) is 9.33. The van der Waals surface area contributed by atoms with E-state index in [1.165, 1.54) is 57.8 Å². The summed E-state index contributed by atoms with van der Waals surface area (Å²) in [5, 5.41) is 17.3. The molecule has 0 aromatic rings. The number of nitrogens with one attached hydrogen (secondary N) is 2. The first-order chi connectivity index (χ1) is 20.6. The van der Waals surface area contributed by atoms with E-state index in [4.69, 9.17) is 11.6 Å². The minimum atomic E-state index is -0.827. The van der Waals surface area contributed by atoms with Crippen LogP contribution >= 0.6 is 0 Å². The van der Waals surface area contributed by atoms with Crippen LogP contribution in [0, 0.1) is 51.8 Å². The summed E-state index contributed by atoms with van der Waals surface area (Å²) >= 11 is 0. The van der Waals surface area contributed by atoms with Gasteiger partial charge in [0.1, 0.15) is 0 Å². The van der Waals surface area contributed by atoms with Crippen molar-refractivity contribution >= 4 is 6.21 Å². The van der Waals surface area contributed by atoms with Crippen LogP contribution in [0.2, 0.25) is 0 Å². The number of nitrogens with two attached hydrogens (primary N) is 2. The molecular formula is C36H69N5O2. The van der Waals surface area contributed by atoms with Crippen LogP contribution in [0.1, 0.15) is 125 Å². The van der Waals surface area contributed by atoms with Crippen LogP contribution < -0.4 is 22.3 Å². The number of hydrogen-bond donors (Lipinski definition) is 5. The quantitative estimate of drug-likeness (QED) is 0.0599. The Morgan fingerprint density at radius 1 is 0.977 bits per heavy atom. The van der Waals surface area contributed by atoms with E-state index in [-0.39, 0.29) is 0 Å². The number of hydrogen-bond acceptors (Lipinski definition) is 7. The van der Waals surface area contributed by atoms with Gasteiger partial charge in [-0.3, -0.25) is 9.83 Å². The second-order valence-corrected chi connectivity index (χ2v) is 16.2. The summed E-state index contributed by atoms with van der Waals surface area (Å²) in [6.45, 7) is 17.9. The number of rotatable bonds is 17. The molecule has 11 atom stereocenters. The summed E-state index contributed by atoms with van der Waals surface area (Å²) < 4.78 is 0. The molecular weight excluding hydrogens is 534 g/mol. The smallest absolute Gasteiger partial charge is 0.174 e. The molecule has 0 radical (unpaired) electrons. The van der Waals surface area contributed by atoms with Crippen molar-refractivity contribution in [3.8, 4) is 0 Å². The minimum absolute atomic E-state index is 0.424. The van der Waals surface area contributed by atoms with E-state index in [0.717, 1.165) is 88.0 Å². The molecule has 4 saturated carbocycles. The van der Waals surface area contributed by atoms with Crippen LogP contribution in [-0.2, 0) is 4.84 Å². The van der Waals surface area contributed by atoms with Gasteiger partial charge >= 0.3 is 0 Å². The topological polar surface area (TPSA) is 118 Å². The zero-order valence-corrected chi connectivity index (χ0v) is 28.6. The van der Waals surface area contributed by atoms with Gasteiger partial charge in [-0.05, 0) is 161 Å². The molecule has 0 amide bonds. The van der Waals surface area contributed by atoms with E-state index >= 15 is 0 Å². The van der Waals surface area contributed by atoms with Crippen LogP contribution in [0.3, 0.4) is 0 Å². The number of fused-ring (bicyclic) bond motifs is 5. The van der Waals surface area contributed by atoms with Crippen LogP contribution in [0.25, 0.3) is 0 Å². The van der Waals surface area contributed by atoms with E-state index in [1.807, 2.05) is 0 Å². The standard InChI is InChI=1S/C36H69N5O2/c1-26(10-13-32(42)43-38)29-11-12-30-33-27(2)24-34(3)25-28(14-17-36(34,5)31(33)15-16-35(29,30)4)41-23-9-22-40-20-7-6-19-39-21-8-18-37/h22,26-33,39,41-42H,6-21,23-25,37-38H2,1-5H3/t26?,27-,28-,29+,30?,31?,32?,33?,34+,35+,36+/m0/s1. The van der Waals surface area contributed by atoms with Crippen LogP contribution in [-0.4, -0.2) is 56.4 Å². The number of aliphatic hydroxyl groups is 1. The van der Waals surface area contributed by atoms with E-state index in [9.17, 15) is 5.11 Å². The highest BCUT2D eigenvalue weighted by Gasteiger charge is 2.65. The number of aliphatic hydroxyl groups excluding tert-OH is 1. The maximum atomic E-state index is 9.89. The summed E-state index contributed by atoms with van der Waals surface area (Å²) in [7, 11) is 0. The fourth-order valence-electron chi connectivity index (χ4n) is 11.3. The number of aliphatic imine (C=N–C) groups is 1. The molecule has 7 N–H and O–H groups in total. The van der Waals surface area contributed by atoms with Gasteiger partial charge in [0.2, 0.25) is 0 Å². The van der Waals surface area contributed by atoms with Crippen molar-refractivity contribution in [3.63, 3.8) is 0 Å². The summed E-state index contributed by atoms with van der Waals surface area (Å²) in [5.74, 6) is 9.98. The normalized spacial score (nSPS) is 40.7. The van der Waals surface area contributed by atoms with Gasteiger partial charge in [-0.15, -0.1) is 0 Å². The van der Waals surface area contributed by atoms with E-state index in [2.05, 4.69) is 61.3 Å². The molecule has 7 heteroatoms. The first-order valence-corrected chi connectivity index (χ1v) is 18.3. The Kier molecular flexibility index (Phi) is 13.0. The maximum absolute atomic E-state index is 9.89. The maximum Gasteiger partial charge on any atom is 0.174 e. The van der Waals surface area contributed by atoms with E-state index in [1.54, 1.807) is 0 Å². The molecule has 0 aromatic heterocycles. The zero-order chi connectivity index (χ0) is 31.1. The van der Waals surface area contributed by atoms with Crippen LogP contribution in [0.4, 0.5) is 0 Å². The molecule has 0 aliphatic heterocycles. The average molecular weight is 604 g/mol. The molecule has 4 aliphatic carbocycles. The molecule has 4 aliphatic rings. The van der Waals surface area contributed by atoms with Crippen molar-refractivity contribution in [3.05, 3.63) is 0 Å². The molecule has 4 fully saturated rings. The van der Waals surface area contributed by atoms with Gasteiger partial charge in [-0.1, -0.05) is 34.6 Å². The van der Waals surface area contributed by atoms with E-state index < -0.39 is 6.29 Å². The van der Waals surface area contributed by atoms with Gasteiger partial charge < -0.3 is 21.5 Å². The summed E-state index contributed by atoms with van der Waals surface area (Å²) in [6, 6.07) is 0.647. The van der Waals surface area contributed by atoms with Crippen LogP contribution in [0.5, 0.6) is 0 Å². The molecule has 0 aromatic carbocycles. The molecule has 4 rings (SSSR count). The molecule has 0 spiro atoms. The third-order valence-electron chi connectivity index (χ3n) is 13.7. The second kappa shape index (κ2) is 15.8. The molecule has 250 valence electrons. The monoisotopic (exact) mass is 604 g/mol.